The van der Waals surface area contributed by atoms with E-state index in [0.29, 0.717) is 60.5 Å². The number of fused-ring (bicyclic) bond motifs is 1. The molecule has 1 aliphatic carbocycles. The topological polar surface area (TPSA) is 78.7 Å². The zero-order valence-corrected chi connectivity index (χ0v) is 21.8. The van der Waals surface area contributed by atoms with Crippen LogP contribution in [-0.2, 0) is 17.8 Å². The standard InChI is InChI=1S/C26H32Cl2N4O3/c1-3-7-25(2)8-6-20-29-21(22(28)32(20)16-25)18-5-4-17(15-19(18)27)23(33)30-11-13-31(14-12-30)24(34)26(35)9-10-26/h4-5,15,35H,3,6-14,16H2,1-2H3. The molecule has 2 aromatic rings. The lowest BCUT2D eigenvalue weighted by Gasteiger charge is -2.35. The van der Waals surface area contributed by atoms with Gasteiger partial charge in [-0.25, -0.2) is 4.98 Å². The van der Waals surface area contributed by atoms with E-state index in [1.165, 1.54) is 0 Å². The SMILES string of the molecule is CCCC1(C)CCc2nc(-c3ccc(C(=O)N4CCN(C(=O)C5(O)CC5)CC4)cc3Cl)c(Cl)n2C1. The van der Waals surface area contributed by atoms with Crippen LogP contribution in [0, 0.1) is 5.41 Å². The predicted octanol–water partition coefficient (Wildman–Crippen LogP) is 4.42. The second-order valence-corrected chi connectivity index (χ2v) is 11.4. The average Bonchev–Trinajstić information content (AvgIpc) is 3.53. The normalized spacial score (nSPS) is 23.2. The Balaban J connectivity index is 1.30. The van der Waals surface area contributed by atoms with Gasteiger partial charge in [-0.15, -0.1) is 0 Å². The first-order valence-corrected chi connectivity index (χ1v) is 13.3. The summed E-state index contributed by atoms with van der Waals surface area (Å²) in [6, 6.07) is 5.27. The van der Waals surface area contributed by atoms with Gasteiger partial charge in [-0.3, -0.25) is 9.59 Å². The molecule has 2 aliphatic heterocycles. The van der Waals surface area contributed by atoms with Crippen LogP contribution >= 0.6 is 23.2 Å². The van der Waals surface area contributed by atoms with Crippen molar-refractivity contribution in [2.45, 2.75) is 64.5 Å². The van der Waals surface area contributed by atoms with E-state index >= 15 is 0 Å². The average molecular weight is 519 g/mol. The van der Waals surface area contributed by atoms with Crippen molar-refractivity contribution < 1.29 is 14.7 Å². The molecule has 188 valence electrons. The minimum absolute atomic E-state index is 0.124. The van der Waals surface area contributed by atoms with Crippen molar-refractivity contribution in [3.05, 3.63) is 39.8 Å². The first kappa shape index (κ1) is 24.6. The van der Waals surface area contributed by atoms with Crippen LogP contribution in [0.5, 0.6) is 0 Å². The zero-order valence-electron chi connectivity index (χ0n) is 20.3. The van der Waals surface area contributed by atoms with E-state index in [4.69, 9.17) is 28.2 Å². The molecule has 7 nitrogen and oxygen atoms in total. The summed E-state index contributed by atoms with van der Waals surface area (Å²) in [6.45, 7) is 7.07. The van der Waals surface area contributed by atoms with Crippen LogP contribution in [0.15, 0.2) is 18.2 Å². The second kappa shape index (κ2) is 9.09. The van der Waals surface area contributed by atoms with E-state index in [1.54, 1.807) is 21.9 Å². The van der Waals surface area contributed by atoms with Crippen molar-refractivity contribution in [1.82, 2.24) is 19.4 Å². The molecule has 1 aromatic carbocycles. The first-order chi connectivity index (χ1) is 16.6. The Morgan fingerprint density at radius 3 is 2.40 bits per heavy atom. The molecule has 2 fully saturated rings. The summed E-state index contributed by atoms with van der Waals surface area (Å²) in [4.78, 5) is 33.7. The molecule has 35 heavy (non-hydrogen) atoms. The van der Waals surface area contributed by atoms with Gasteiger partial charge < -0.3 is 19.5 Å². The monoisotopic (exact) mass is 518 g/mol. The van der Waals surface area contributed by atoms with Gasteiger partial charge >= 0.3 is 0 Å². The molecule has 1 saturated carbocycles. The Morgan fingerprint density at radius 2 is 1.77 bits per heavy atom. The van der Waals surface area contributed by atoms with Crippen molar-refractivity contribution in [1.29, 1.82) is 0 Å². The Bertz CT molecular complexity index is 1170. The molecule has 0 bridgehead atoms. The highest BCUT2D eigenvalue weighted by molar-refractivity contribution is 6.36. The molecule has 0 spiro atoms. The van der Waals surface area contributed by atoms with E-state index in [-0.39, 0.29) is 17.2 Å². The number of piperazine rings is 1. The Hall–Kier alpha value is -2.09. The minimum atomic E-state index is -1.17. The molecular formula is C26H32Cl2N4O3. The fourth-order valence-electron chi connectivity index (χ4n) is 5.44. The molecular weight excluding hydrogens is 487 g/mol. The van der Waals surface area contributed by atoms with Gasteiger partial charge in [0.05, 0.1) is 5.02 Å². The molecule has 1 N–H and O–H groups in total. The van der Waals surface area contributed by atoms with Crippen molar-refractivity contribution in [3.63, 3.8) is 0 Å². The van der Waals surface area contributed by atoms with E-state index in [1.807, 2.05) is 6.07 Å². The summed E-state index contributed by atoms with van der Waals surface area (Å²) in [6.07, 6.45) is 5.32. The fraction of sp³-hybridized carbons (Fsp3) is 0.577. The third-order valence-corrected chi connectivity index (χ3v) is 8.47. The van der Waals surface area contributed by atoms with Gasteiger partial charge in [-0.2, -0.15) is 0 Å². The molecule has 1 aromatic heterocycles. The highest BCUT2D eigenvalue weighted by Crippen LogP contribution is 2.41. The number of carbonyl (C=O) groups is 2. The number of rotatable bonds is 5. The summed E-state index contributed by atoms with van der Waals surface area (Å²) >= 11 is 13.4. The number of halogens is 2. The number of aliphatic hydroxyl groups is 1. The summed E-state index contributed by atoms with van der Waals surface area (Å²) < 4.78 is 2.12. The van der Waals surface area contributed by atoms with Gasteiger partial charge in [0.2, 0.25) is 0 Å². The van der Waals surface area contributed by atoms with Gasteiger partial charge in [0.1, 0.15) is 22.3 Å². The molecule has 9 heteroatoms. The fourth-order valence-corrected chi connectivity index (χ4v) is 6.01. The van der Waals surface area contributed by atoms with Crippen LogP contribution in [-0.4, -0.2) is 68.1 Å². The number of aromatic nitrogens is 2. The maximum atomic E-state index is 13.1. The van der Waals surface area contributed by atoms with Crippen molar-refractivity contribution >= 4 is 35.0 Å². The number of imidazole rings is 1. The lowest BCUT2D eigenvalue weighted by atomic mass is 9.79. The molecule has 2 amide bonds. The van der Waals surface area contributed by atoms with Gasteiger partial charge in [-0.05, 0) is 43.2 Å². The van der Waals surface area contributed by atoms with Crippen LogP contribution in [0.4, 0.5) is 0 Å². The van der Waals surface area contributed by atoms with Crippen LogP contribution < -0.4 is 0 Å². The summed E-state index contributed by atoms with van der Waals surface area (Å²) in [5, 5.41) is 11.1. The number of hydrogen-bond donors (Lipinski definition) is 1. The summed E-state index contributed by atoms with van der Waals surface area (Å²) in [5.74, 6) is 0.644. The number of carbonyl (C=O) groups excluding carboxylic acids is 2. The lowest BCUT2D eigenvalue weighted by molar-refractivity contribution is -0.143. The number of amides is 2. The van der Waals surface area contributed by atoms with E-state index in [2.05, 4.69) is 18.4 Å². The zero-order chi connectivity index (χ0) is 25.0. The maximum Gasteiger partial charge on any atom is 0.254 e. The van der Waals surface area contributed by atoms with E-state index < -0.39 is 5.60 Å². The molecule has 1 unspecified atom stereocenters. The van der Waals surface area contributed by atoms with Crippen LogP contribution in [0.25, 0.3) is 11.3 Å². The molecule has 1 saturated heterocycles. The van der Waals surface area contributed by atoms with Gasteiger partial charge in [0.15, 0.2) is 0 Å². The highest BCUT2D eigenvalue weighted by atomic mass is 35.5. The van der Waals surface area contributed by atoms with Crippen molar-refractivity contribution in [2.24, 2.45) is 5.41 Å². The van der Waals surface area contributed by atoms with Gasteiger partial charge in [-0.1, -0.05) is 49.5 Å². The Labute approximate surface area is 216 Å². The molecule has 3 heterocycles. The van der Waals surface area contributed by atoms with Crippen molar-refractivity contribution in [3.8, 4) is 11.3 Å². The summed E-state index contributed by atoms with van der Waals surface area (Å²) in [7, 11) is 0. The van der Waals surface area contributed by atoms with E-state index in [0.717, 1.165) is 43.6 Å². The maximum absolute atomic E-state index is 13.1. The van der Waals surface area contributed by atoms with Gasteiger partial charge in [0, 0.05) is 50.3 Å². The van der Waals surface area contributed by atoms with Crippen LogP contribution in [0.3, 0.4) is 0 Å². The molecule has 1 atom stereocenters. The third kappa shape index (κ3) is 4.58. The first-order valence-electron chi connectivity index (χ1n) is 12.5. The van der Waals surface area contributed by atoms with E-state index in [9.17, 15) is 14.7 Å². The second-order valence-electron chi connectivity index (χ2n) is 10.6. The Kier molecular flexibility index (Phi) is 6.39. The highest BCUT2D eigenvalue weighted by Gasteiger charge is 2.50. The molecule has 5 rings (SSSR count). The molecule has 3 aliphatic rings. The minimum Gasteiger partial charge on any atom is -0.380 e. The summed E-state index contributed by atoms with van der Waals surface area (Å²) in [5.41, 5.74) is 0.929. The molecule has 0 radical (unpaired) electrons. The third-order valence-electron chi connectivity index (χ3n) is 7.78. The lowest BCUT2D eigenvalue weighted by Crippen LogP contribution is -2.53. The van der Waals surface area contributed by atoms with Crippen LogP contribution in [0.1, 0.15) is 62.1 Å². The quantitative estimate of drug-likeness (QED) is 0.635. The smallest absolute Gasteiger partial charge is 0.254 e. The number of nitrogens with zero attached hydrogens (tertiary/aromatic N) is 4. The number of hydrogen-bond acceptors (Lipinski definition) is 4. The largest absolute Gasteiger partial charge is 0.380 e. The van der Waals surface area contributed by atoms with Crippen molar-refractivity contribution in [2.75, 3.05) is 26.2 Å². The van der Waals surface area contributed by atoms with Crippen LogP contribution in [0.2, 0.25) is 10.2 Å². The predicted molar refractivity (Wildman–Crippen MR) is 136 cm³/mol. The van der Waals surface area contributed by atoms with Gasteiger partial charge in [0.25, 0.3) is 11.8 Å². The Morgan fingerprint density at radius 1 is 1.09 bits per heavy atom. The number of benzene rings is 1. The number of aryl methyl sites for hydroxylation is 1.